The number of rotatable bonds is 10. The van der Waals surface area contributed by atoms with Crippen molar-refractivity contribution in [2.75, 3.05) is 0 Å². The number of hydrogen-bond acceptors (Lipinski definition) is 3. The van der Waals surface area contributed by atoms with Crippen molar-refractivity contribution in [2.24, 2.45) is 0 Å². The van der Waals surface area contributed by atoms with Crippen LogP contribution in [-0.2, 0) is 0 Å². The van der Waals surface area contributed by atoms with Crippen molar-refractivity contribution in [1.82, 2.24) is 5.32 Å². The lowest BCUT2D eigenvalue weighted by Gasteiger charge is -2.33. The quantitative estimate of drug-likeness (QED) is 0.577. The van der Waals surface area contributed by atoms with E-state index in [1.54, 1.807) is 0 Å². The number of nitrogens with one attached hydrogen (secondary N) is 1. The highest BCUT2D eigenvalue weighted by Gasteiger charge is 2.24. The zero-order valence-electron chi connectivity index (χ0n) is 13.5. The summed E-state index contributed by atoms with van der Waals surface area (Å²) in [4.78, 5) is 0. The molecule has 120 valence electrons. The summed E-state index contributed by atoms with van der Waals surface area (Å²) in [6.07, 6.45) is 11.4. The Bertz CT molecular complexity index is 213. The van der Waals surface area contributed by atoms with Crippen LogP contribution >= 0.6 is 0 Å². The third-order valence-corrected chi connectivity index (χ3v) is 4.47. The van der Waals surface area contributed by atoms with Crippen LogP contribution in [0.3, 0.4) is 0 Å². The Labute approximate surface area is 125 Å². The van der Waals surface area contributed by atoms with Crippen LogP contribution in [0.5, 0.6) is 0 Å². The second kappa shape index (κ2) is 10.6. The standard InChI is InChI=1S/C17H35NO2/c1-3-5-10-16(19)12-14-8-7-9-15(18-14)13-17(20)11-6-4-2/h14-20H,3-13H2,1-2H3/t14-,15+,16-,17-/m1/s1. The lowest BCUT2D eigenvalue weighted by molar-refractivity contribution is 0.105. The molecule has 1 rings (SSSR count). The summed E-state index contributed by atoms with van der Waals surface area (Å²) in [5.41, 5.74) is 0. The number of hydrogen-bond donors (Lipinski definition) is 3. The number of aliphatic hydroxyl groups excluding tert-OH is 2. The Morgan fingerprint density at radius 3 is 1.75 bits per heavy atom. The van der Waals surface area contributed by atoms with Crippen LogP contribution in [0.25, 0.3) is 0 Å². The highest BCUT2D eigenvalue weighted by molar-refractivity contribution is 4.83. The largest absolute Gasteiger partial charge is 0.393 e. The number of piperidine rings is 1. The fourth-order valence-electron chi connectivity index (χ4n) is 3.25. The van der Waals surface area contributed by atoms with Crippen molar-refractivity contribution in [2.45, 2.75) is 109 Å². The van der Waals surface area contributed by atoms with E-state index in [9.17, 15) is 10.2 Å². The first-order valence-electron chi connectivity index (χ1n) is 8.77. The van der Waals surface area contributed by atoms with Crippen LogP contribution in [0.2, 0.25) is 0 Å². The van der Waals surface area contributed by atoms with Gasteiger partial charge < -0.3 is 15.5 Å². The van der Waals surface area contributed by atoms with E-state index in [1.807, 2.05) is 0 Å². The fourth-order valence-corrected chi connectivity index (χ4v) is 3.25. The molecule has 0 spiro atoms. The van der Waals surface area contributed by atoms with Gasteiger partial charge in [0.05, 0.1) is 12.2 Å². The molecule has 3 nitrogen and oxygen atoms in total. The van der Waals surface area contributed by atoms with E-state index in [2.05, 4.69) is 19.2 Å². The van der Waals surface area contributed by atoms with Gasteiger partial charge in [-0.1, -0.05) is 46.0 Å². The molecule has 0 saturated carbocycles. The SMILES string of the molecule is CCCC[C@@H](O)C[C@H]1CCC[C@@H](C[C@H](O)CCCC)N1. The summed E-state index contributed by atoms with van der Waals surface area (Å²) in [5, 5.41) is 23.7. The molecule has 0 aromatic heterocycles. The normalized spacial score (nSPS) is 26.4. The highest BCUT2D eigenvalue weighted by atomic mass is 16.3. The van der Waals surface area contributed by atoms with Gasteiger partial charge in [-0.25, -0.2) is 0 Å². The zero-order valence-corrected chi connectivity index (χ0v) is 13.5. The molecule has 1 heterocycles. The minimum atomic E-state index is -0.156. The Kier molecular flexibility index (Phi) is 9.49. The van der Waals surface area contributed by atoms with Crippen molar-refractivity contribution in [3.05, 3.63) is 0 Å². The molecule has 1 aliphatic heterocycles. The Balaban J connectivity index is 2.23. The van der Waals surface area contributed by atoms with Crippen LogP contribution in [0.15, 0.2) is 0 Å². The topological polar surface area (TPSA) is 52.5 Å². The molecule has 4 atom stereocenters. The van der Waals surface area contributed by atoms with Gasteiger partial charge in [0.25, 0.3) is 0 Å². The first-order chi connectivity index (χ1) is 9.65. The Hall–Kier alpha value is -0.120. The van der Waals surface area contributed by atoms with Gasteiger partial charge in [0.15, 0.2) is 0 Å². The van der Waals surface area contributed by atoms with Crippen molar-refractivity contribution in [3.63, 3.8) is 0 Å². The lowest BCUT2D eigenvalue weighted by atomic mass is 9.90. The summed E-state index contributed by atoms with van der Waals surface area (Å²) < 4.78 is 0. The summed E-state index contributed by atoms with van der Waals surface area (Å²) in [6.45, 7) is 4.33. The zero-order chi connectivity index (χ0) is 14.8. The van der Waals surface area contributed by atoms with E-state index in [0.717, 1.165) is 51.4 Å². The maximum Gasteiger partial charge on any atom is 0.0555 e. The van der Waals surface area contributed by atoms with Gasteiger partial charge in [-0.3, -0.25) is 0 Å². The maximum absolute atomic E-state index is 10.0. The molecule has 3 N–H and O–H groups in total. The van der Waals surface area contributed by atoms with Gasteiger partial charge in [0.1, 0.15) is 0 Å². The van der Waals surface area contributed by atoms with E-state index < -0.39 is 0 Å². The minimum absolute atomic E-state index is 0.156. The second-order valence-electron chi connectivity index (χ2n) is 6.55. The predicted molar refractivity (Wildman–Crippen MR) is 84.9 cm³/mol. The van der Waals surface area contributed by atoms with Gasteiger partial charge in [0, 0.05) is 12.1 Å². The van der Waals surface area contributed by atoms with E-state index in [1.165, 1.54) is 19.3 Å². The van der Waals surface area contributed by atoms with Crippen molar-refractivity contribution < 1.29 is 10.2 Å². The summed E-state index contributed by atoms with van der Waals surface area (Å²) in [6, 6.07) is 0.887. The van der Waals surface area contributed by atoms with Crippen LogP contribution in [0.1, 0.15) is 84.5 Å². The van der Waals surface area contributed by atoms with E-state index in [-0.39, 0.29) is 12.2 Å². The van der Waals surface area contributed by atoms with Gasteiger partial charge >= 0.3 is 0 Å². The molecule has 20 heavy (non-hydrogen) atoms. The second-order valence-corrected chi connectivity index (χ2v) is 6.55. The molecule has 0 aliphatic carbocycles. The lowest BCUT2D eigenvalue weighted by Crippen LogP contribution is -2.45. The Morgan fingerprint density at radius 1 is 0.900 bits per heavy atom. The highest BCUT2D eigenvalue weighted by Crippen LogP contribution is 2.21. The number of unbranched alkanes of at least 4 members (excludes halogenated alkanes) is 2. The van der Waals surface area contributed by atoms with E-state index in [0.29, 0.717) is 12.1 Å². The number of aliphatic hydroxyl groups is 2. The molecular formula is C17H35NO2. The van der Waals surface area contributed by atoms with E-state index in [4.69, 9.17) is 0 Å². The summed E-state index contributed by atoms with van der Waals surface area (Å²) in [5.74, 6) is 0. The molecule has 0 aromatic rings. The average Bonchev–Trinajstić information content (AvgIpc) is 2.43. The van der Waals surface area contributed by atoms with Gasteiger partial charge in [0.2, 0.25) is 0 Å². The molecule has 0 amide bonds. The molecule has 1 saturated heterocycles. The first kappa shape index (κ1) is 17.9. The molecule has 1 aliphatic rings. The molecule has 0 aromatic carbocycles. The van der Waals surface area contributed by atoms with Crippen molar-refractivity contribution >= 4 is 0 Å². The molecule has 0 bridgehead atoms. The Morgan fingerprint density at radius 2 is 1.35 bits per heavy atom. The molecule has 1 fully saturated rings. The smallest absolute Gasteiger partial charge is 0.0555 e. The minimum Gasteiger partial charge on any atom is -0.393 e. The van der Waals surface area contributed by atoms with Crippen molar-refractivity contribution in [3.8, 4) is 0 Å². The molecule has 3 heteroatoms. The predicted octanol–water partition coefficient (Wildman–Crippen LogP) is 3.38. The summed E-state index contributed by atoms with van der Waals surface area (Å²) >= 11 is 0. The average molecular weight is 285 g/mol. The fraction of sp³-hybridized carbons (Fsp3) is 1.00. The van der Waals surface area contributed by atoms with Crippen LogP contribution < -0.4 is 5.32 Å². The van der Waals surface area contributed by atoms with Gasteiger partial charge in [-0.15, -0.1) is 0 Å². The van der Waals surface area contributed by atoms with Crippen molar-refractivity contribution in [1.29, 1.82) is 0 Å². The summed E-state index contributed by atoms with van der Waals surface area (Å²) in [7, 11) is 0. The third kappa shape index (κ3) is 7.61. The van der Waals surface area contributed by atoms with E-state index >= 15 is 0 Å². The van der Waals surface area contributed by atoms with Gasteiger partial charge in [-0.2, -0.15) is 0 Å². The van der Waals surface area contributed by atoms with Crippen LogP contribution in [0.4, 0.5) is 0 Å². The third-order valence-electron chi connectivity index (χ3n) is 4.47. The molecule has 0 radical (unpaired) electrons. The molecule has 0 unspecified atom stereocenters. The van der Waals surface area contributed by atoms with Gasteiger partial charge in [-0.05, 0) is 38.5 Å². The van der Waals surface area contributed by atoms with Crippen LogP contribution in [-0.4, -0.2) is 34.5 Å². The molecular weight excluding hydrogens is 250 g/mol. The van der Waals surface area contributed by atoms with Crippen LogP contribution in [0, 0.1) is 0 Å². The monoisotopic (exact) mass is 285 g/mol. The first-order valence-corrected chi connectivity index (χ1v) is 8.77. The maximum atomic E-state index is 10.0.